The quantitative estimate of drug-likeness (QED) is 0.773. The molecular weight excluding hydrogens is 378 g/mol. The van der Waals surface area contributed by atoms with E-state index in [1.165, 1.54) is 0 Å². The fourth-order valence-corrected chi connectivity index (χ4v) is 5.05. The number of benzene rings is 1. The second-order valence-corrected chi connectivity index (χ2v) is 8.77. The van der Waals surface area contributed by atoms with Gasteiger partial charge < -0.3 is 14.7 Å². The molecule has 0 N–H and O–H groups in total. The van der Waals surface area contributed by atoms with Crippen molar-refractivity contribution in [3.63, 3.8) is 0 Å². The van der Waals surface area contributed by atoms with Crippen molar-refractivity contribution in [2.75, 3.05) is 39.3 Å². The molecule has 1 aromatic carbocycles. The number of amides is 3. The Hall–Kier alpha value is -2.08. The minimum Gasteiger partial charge on any atom is -0.342 e. The lowest BCUT2D eigenvalue weighted by Crippen LogP contribution is -2.49. The van der Waals surface area contributed by atoms with Gasteiger partial charge in [-0.1, -0.05) is 23.7 Å². The van der Waals surface area contributed by atoms with E-state index in [0.717, 1.165) is 31.5 Å². The number of hydrogen-bond donors (Lipinski definition) is 0. The Labute approximate surface area is 170 Å². The molecule has 0 aromatic heterocycles. The van der Waals surface area contributed by atoms with Crippen LogP contribution < -0.4 is 0 Å². The number of carbonyl (C=O) groups excluding carboxylic acids is 3. The van der Waals surface area contributed by atoms with Gasteiger partial charge in [-0.3, -0.25) is 14.4 Å². The van der Waals surface area contributed by atoms with Gasteiger partial charge in [-0.05, 0) is 30.5 Å². The minimum absolute atomic E-state index is 0.00189. The van der Waals surface area contributed by atoms with Crippen LogP contribution in [0.5, 0.6) is 0 Å². The first-order chi connectivity index (χ1) is 13.4. The first-order valence-electron chi connectivity index (χ1n) is 9.96. The second-order valence-electron chi connectivity index (χ2n) is 8.33. The first kappa shape index (κ1) is 19.2. The van der Waals surface area contributed by atoms with Crippen LogP contribution in [0.15, 0.2) is 24.3 Å². The SMILES string of the molecule is CC(=O)N1CC2CN(C(=O)Cc3ccc(Cl)cc3)CC2(C(=O)N2CCCC2)C1. The molecular formula is C21H26ClN3O3. The summed E-state index contributed by atoms with van der Waals surface area (Å²) in [6.07, 6.45) is 2.36. The van der Waals surface area contributed by atoms with Crippen LogP contribution in [0.25, 0.3) is 0 Å². The van der Waals surface area contributed by atoms with Gasteiger partial charge in [-0.2, -0.15) is 0 Å². The lowest BCUT2D eigenvalue weighted by molar-refractivity contribution is -0.142. The van der Waals surface area contributed by atoms with Crippen molar-refractivity contribution in [2.24, 2.45) is 11.3 Å². The second kappa shape index (κ2) is 7.39. The largest absolute Gasteiger partial charge is 0.342 e. The summed E-state index contributed by atoms with van der Waals surface area (Å²) in [5.41, 5.74) is 0.266. The number of fused-ring (bicyclic) bond motifs is 1. The summed E-state index contributed by atoms with van der Waals surface area (Å²) in [6.45, 7) is 5.04. The molecule has 3 heterocycles. The lowest BCUT2D eigenvalue weighted by atomic mass is 9.79. The molecule has 3 aliphatic heterocycles. The van der Waals surface area contributed by atoms with Crippen LogP contribution in [0.4, 0.5) is 0 Å². The molecule has 4 rings (SSSR count). The minimum atomic E-state index is -0.647. The van der Waals surface area contributed by atoms with E-state index in [1.807, 2.05) is 21.9 Å². The summed E-state index contributed by atoms with van der Waals surface area (Å²) in [6, 6.07) is 7.29. The van der Waals surface area contributed by atoms with Crippen molar-refractivity contribution in [3.05, 3.63) is 34.9 Å². The summed E-state index contributed by atoms with van der Waals surface area (Å²) >= 11 is 5.92. The van der Waals surface area contributed by atoms with Gasteiger partial charge in [0, 0.05) is 57.1 Å². The molecule has 0 bridgehead atoms. The Morgan fingerprint density at radius 1 is 1.00 bits per heavy atom. The molecule has 6 nitrogen and oxygen atoms in total. The Morgan fingerprint density at radius 2 is 1.61 bits per heavy atom. The number of halogens is 1. The number of hydrogen-bond acceptors (Lipinski definition) is 3. The lowest BCUT2D eigenvalue weighted by Gasteiger charge is -2.32. The summed E-state index contributed by atoms with van der Waals surface area (Å²) in [5, 5.41) is 0.645. The van der Waals surface area contributed by atoms with Crippen LogP contribution in [-0.4, -0.2) is 71.7 Å². The third-order valence-electron chi connectivity index (χ3n) is 6.49. The average Bonchev–Trinajstić information content (AvgIpc) is 3.37. The van der Waals surface area contributed by atoms with Gasteiger partial charge in [0.25, 0.3) is 0 Å². The summed E-state index contributed by atoms with van der Waals surface area (Å²) < 4.78 is 0. The highest BCUT2D eigenvalue weighted by Crippen LogP contribution is 2.44. The van der Waals surface area contributed by atoms with E-state index in [-0.39, 0.29) is 23.6 Å². The van der Waals surface area contributed by atoms with E-state index in [1.54, 1.807) is 24.0 Å². The highest BCUT2D eigenvalue weighted by atomic mass is 35.5. The van der Waals surface area contributed by atoms with Crippen LogP contribution in [0.3, 0.4) is 0 Å². The number of nitrogens with zero attached hydrogens (tertiary/aromatic N) is 3. The predicted molar refractivity (Wildman–Crippen MR) is 106 cm³/mol. The Bertz CT molecular complexity index is 791. The molecule has 7 heteroatoms. The van der Waals surface area contributed by atoms with Crippen molar-refractivity contribution >= 4 is 29.3 Å². The first-order valence-corrected chi connectivity index (χ1v) is 10.3. The van der Waals surface area contributed by atoms with Gasteiger partial charge in [-0.25, -0.2) is 0 Å². The molecule has 3 fully saturated rings. The number of rotatable bonds is 3. The monoisotopic (exact) mass is 403 g/mol. The smallest absolute Gasteiger partial charge is 0.232 e. The van der Waals surface area contributed by atoms with E-state index in [9.17, 15) is 14.4 Å². The molecule has 2 atom stereocenters. The van der Waals surface area contributed by atoms with Crippen molar-refractivity contribution in [1.82, 2.24) is 14.7 Å². The Kier molecular flexibility index (Phi) is 5.08. The van der Waals surface area contributed by atoms with Gasteiger partial charge in [-0.15, -0.1) is 0 Å². The fourth-order valence-electron chi connectivity index (χ4n) is 4.92. The number of carbonyl (C=O) groups is 3. The molecule has 0 aliphatic carbocycles. The highest BCUT2D eigenvalue weighted by molar-refractivity contribution is 6.30. The molecule has 28 heavy (non-hydrogen) atoms. The van der Waals surface area contributed by atoms with E-state index in [0.29, 0.717) is 37.6 Å². The third kappa shape index (κ3) is 3.39. The summed E-state index contributed by atoms with van der Waals surface area (Å²) in [5.74, 6) is 0.168. The van der Waals surface area contributed by atoms with Gasteiger partial charge in [0.1, 0.15) is 0 Å². The zero-order valence-electron chi connectivity index (χ0n) is 16.2. The maximum absolute atomic E-state index is 13.4. The third-order valence-corrected chi connectivity index (χ3v) is 6.75. The van der Waals surface area contributed by atoms with Crippen LogP contribution in [0, 0.1) is 11.3 Å². The standard InChI is InChI=1S/C21H26ClN3O3/c1-15(26)24-11-17-12-25(19(27)10-16-4-6-18(22)7-5-16)14-21(17,13-24)20(28)23-8-2-3-9-23/h4-7,17H,2-3,8-14H2,1H3. The predicted octanol–water partition coefficient (Wildman–Crippen LogP) is 1.81. The van der Waals surface area contributed by atoms with Crippen LogP contribution in [-0.2, 0) is 20.8 Å². The molecule has 3 amide bonds. The van der Waals surface area contributed by atoms with E-state index in [2.05, 4.69) is 0 Å². The Balaban J connectivity index is 1.52. The fraction of sp³-hybridized carbons (Fsp3) is 0.571. The van der Waals surface area contributed by atoms with E-state index >= 15 is 0 Å². The van der Waals surface area contributed by atoms with Gasteiger partial charge in [0.05, 0.1) is 11.8 Å². The van der Waals surface area contributed by atoms with Crippen molar-refractivity contribution in [1.29, 1.82) is 0 Å². The molecule has 3 saturated heterocycles. The van der Waals surface area contributed by atoms with Gasteiger partial charge >= 0.3 is 0 Å². The van der Waals surface area contributed by atoms with E-state index in [4.69, 9.17) is 11.6 Å². The average molecular weight is 404 g/mol. The molecule has 0 saturated carbocycles. The summed E-state index contributed by atoms with van der Waals surface area (Å²) in [4.78, 5) is 43.8. The topological polar surface area (TPSA) is 60.9 Å². The maximum atomic E-state index is 13.4. The van der Waals surface area contributed by atoms with Gasteiger partial charge in [0.15, 0.2) is 0 Å². The van der Waals surface area contributed by atoms with Crippen molar-refractivity contribution in [3.8, 4) is 0 Å². The Morgan fingerprint density at radius 3 is 2.25 bits per heavy atom. The van der Waals surface area contributed by atoms with E-state index < -0.39 is 5.41 Å². The molecule has 2 unspecified atom stereocenters. The molecule has 150 valence electrons. The van der Waals surface area contributed by atoms with Gasteiger partial charge in [0.2, 0.25) is 17.7 Å². The van der Waals surface area contributed by atoms with Crippen LogP contribution in [0.1, 0.15) is 25.3 Å². The zero-order chi connectivity index (χ0) is 19.9. The van der Waals surface area contributed by atoms with Crippen LogP contribution in [0.2, 0.25) is 5.02 Å². The normalized spacial score (nSPS) is 26.6. The molecule has 0 radical (unpaired) electrons. The maximum Gasteiger partial charge on any atom is 0.232 e. The molecule has 0 spiro atoms. The molecule has 1 aromatic rings. The number of likely N-dealkylation sites (tertiary alicyclic amines) is 3. The van der Waals surface area contributed by atoms with Crippen molar-refractivity contribution in [2.45, 2.75) is 26.2 Å². The van der Waals surface area contributed by atoms with Crippen LogP contribution >= 0.6 is 11.6 Å². The van der Waals surface area contributed by atoms with Crippen molar-refractivity contribution < 1.29 is 14.4 Å². The zero-order valence-corrected chi connectivity index (χ0v) is 17.0. The summed E-state index contributed by atoms with van der Waals surface area (Å²) in [7, 11) is 0. The highest BCUT2D eigenvalue weighted by Gasteiger charge is 2.59. The molecule has 3 aliphatic rings.